The van der Waals surface area contributed by atoms with Crippen LogP contribution in [-0.2, 0) is 13.0 Å². The highest BCUT2D eigenvalue weighted by Crippen LogP contribution is 2.23. The van der Waals surface area contributed by atoms with Crippen molar-refractivity contribution in [1.82, 2.24) is 14.2 Å². The first-order valence-electron chi connectivity index (χ1n) is 12.3. The Bertz CT molecular complexity index is 1700. The van der Waals surface area contributed by atoms with Crippen LogP contribution in [0, 0.1) is 13.8 Å². The van der Waals surface area contributed by atoms with Crippen LogP contribution in [0.2, 0.25) is 5.02 Å². The normalized spacial score (nSPS) is 11.5. The first-order valence-corrected chi connectivity index (χ1v) is 13.4. The Kier molecular flexibility index (Phi) is 7.49. The van der Waals surface area contributed by atoms with Crippen molar-refractivity contribution >= 4 is 44.6 Å². The van der Waals surface area contributed by atoms with Crippen molar-refractivity contribution in [2.45, 2.75) is 33.8 Å². The third kappa shape index (κ3) is 5.30. The molecular formula is C30H26BrClN4O2. The zero-order chi connectivity index (χ0) is 26.8. The second-order valence-electron chi connectivity index (χ2n) is 8.98. The fraction of sp³-hybridized carbons (Fsp3) is 0.167. The molecular weight excluding hydrogens is 564 g/mol. The number of hydrogen-bond donors (Lipinski definition) is 0. The van der Waals surface area contributed by atoms with E-state index in [2.05, 4.69) is 36.6 Å². The minimum absolute atomic E-state index is 0.188. The Morgan fingerprint density at radius 3 is 2.47 bits per heavy atom. The number of nitrogens with zero attached hydrogens (tertiary/aromatic N) is 4. The zero-order valence-corrected chi connectivity index (χ0v) is 23.6. The molecule has 0 aliphatic heterocycles. The smallest absolute Gasteiger partial charge is 0.282 e. The lowest BCUT2D eigenvalue weighted by atomic mass is 10.2. The topological polar surface area (TPSA) is 61.4 Å². The van der Waals surface area contributed by atoms with Crippen LogP contribution in [0.1, 0.15) is 35.3 Å². The van der Waals surface area contributed by atoms with E-state index in [4.69, 9.17) is 16.3 Å². The second kappa shape index (κ2) is 11.0. The van der Waals surface area contributed by atoms with E-state index in [1.807, 2.05) is 81.4 Å². The molecule has 2 heterocycles. The van der Waals surface area contributed by atoms with Gasteiger partial charge in [-0.15, -0.1) is 0 Å². The maximum absolute atomic E-state index is 13.2. The molecule has 0 amide bonds. The van der Waals surface area contributed by atoms with Crippen molar-refractivity contribution in [3.63, 3.8) is 0 Å². The van der Waals surface area contributed by atoms with Crippen LogP contribution in [0.4, 0.5) is 0 Å². The van der Waals surface area contributed by atoms with Gasteiger partial charge in [0.05, 0.1) is 17.1 Å². The number of aryl methyl sites for hydroxylation is 2. The van der Waals surface area contributed by atoms with Crippen LogP contribution in [-0.4, -0.2) is 20.4 Å². The molecule has 0 spiro atoms. The zero-order valence-electron chi connectivity index (χ0n) is 21.3. The molecule has 0 aliphatic rings. The van der Waals surface area contributed by atoms with Gasteiger partial charge in [-0.1, -0.05) is 46.6 Å². The Morgan fingerprint density at radius 2 is 1.76 bits per heavy atom. The Hall–Kier alpha value is -3.68. The number of halogens is 2. The van der Waals surface area contributed by atoms with Gasteiger partial charge in [0, 0.05) is 38.6 Å². The molecule has 0 unspecified atom stereocenters. The highest BCUT2D eigenvalue weighted by molar-refractivity contribution is 9.10. The third-order valence-electron chi connectivity index (χ3n) is 6.39. The summed E-state index contributed by atoms with van der Waals surface area (Å²) in [5, 5.41) is 5.80. The molecule has 192 valence electrons. The Labute approximate surface area is 234 Å². The molecule has 0 fully saturated rings. The van der Waals surface area contributed by atoms with Gasteiger partial charge in [-0.25, -0.2) is 4.98 Å². The highest BCUT2D eigenvalue weighted by Gasteiger charge is 2.12. The van der Waals surface area contributed by atoms with E-state index in [1.165, 1.54) is 4.68 Å². The minimum Gasteiger partial charge on any atom is -0.489 e. The summed E-state index contributed by atoms with van der Waals surface area (Å²) in [6.45, 7) is 6.53. The van der Waals surface area contributed by atoms with Gasteiger partial charge < -0.3 is 9.30 Å². The summed E-state index contributed by atoms with van der Waals surface area (Å²) < 4.78 is 10.3. The van der Waals surface area contributed by atoms with Gasteiger partial charge in [0.1, 0.15) is 18.2 Å². The van der Waals surface area contributed by atoms with E-state index in [9.17, 15) is 4.79 Å². The van der Waals surface area contributed by atoms with Crippen LogP contribution in [0.15, 0.2) is 87.2 Å². The molecule has 8 heteroatoms. The summed E-state index contributed by atoms with van der Waals surface area (Å²) >= 11 is 9.40. The lowest BCUT2D eigenvalue weighted by Gasteiger charge is -2.12. The average molecular weight is 590 g/mol. The van der Waals surface area contributed by atoms with Crippen molar-refractivity contribution < 1.29 is 4.74 Å². The van der Waals surface area contributed by atoms with Crippen LogP contribution >= 0.6 is 27.5 Å². The number of benzene rings is 3. The summed E-state index contributed by atoms with van der Waals surface area (Å²) in [6.07, 6.45) is 2.32. The van der Waals surface area contributed by atoms with Gasteiger partial charge in [0.2, 0.25) is 0 Å². The lowest BCUT2D eigenvalue weighted by Crippen LogP contribution is -2.22. The molecule has 0 saturated heterocycles. The summed E-state index contributed by atoms with van der Waals surface area (Å²) in [5.41, 5.74) is 5.55. The quantitative estimate of drug-likeness (QED) is 0.188. The average Bonchev–Trinajstić information content (AvgIpc) is 3.20. The van der Waals surface area contributed by atoms with Gasteiger partial charge in [-0.2, -0.15) is 9.78 Å². The van der Waals surface area contributed by atoms with Crippen LogP contribution < -0.4 is 10.3 Å². The van der Waals surface area contributed by atoms with Gasteiger partial charge >= 0.3 is 0 Å². The summed E-state index contributed by atoms with van der Waals surface area (Å²) in [6, 6.07) is 23.2. The molecule has 5 rings (SSSR count). The van der Waals surface area contributed by atoms with Crippen molar-refractivity contribution in [1.29, 1.82) is 0 Å². The number of hydrogen-bond acceptors (Lipinski definition) is 4. The van der Waals surface area contributed by atoms with Crippen LogP contribution in [0.25, 0.3) is 16.6 Å². The van der Waals surface area contributed by atoms with E-state index in [-0.39, 0.29) is 5.56 Å². The second-order valence-corrected chi connectivity index (χ2v) is 10.3. The van der Waals surface area contributed by atoms with Gasteiger partial charge in [0.25, 0.3) is 5.56 Å². The van der Waals surface area contributed by atoms with Crippen molar-refractivity contribution in [3.05, 3.63) is 121 Å². The standard InChI is InChI=1S/C30H26BrClN4O2/c1-4-29-34-28-14-7-23(31)16-27(28)30(37)36(29)33-17-22-15-19(2)35(20(22)3)25-10-12-26(13-11-25)38-18-21-5-8-24(32)9-6-21/h5-17H,4,18H2,1-3H3. The number of rotatable bonds is 7. The molecule has 6 nitrogen and oxygen atoms in total. The Morgan fingerprint density at radius 1 is 1.03 bits per heavy atom. The van der Waals surface area contributed by atoms with Gasteiger partial charge in [-0.3, -0.25) is 4.79 Å². The van der Waals surface area contributed by atoms with E-state index < -0.39 is 0 Å². The largest absolute Gasteiger partial charge is 0.489 e. The maximum atomic E-state index is 13.2. The van der Waals surface area contributed by atoms with Crippen molar-refractivity contribution in [2.24, 2.45) is 5.10 Å². The molecule has 0 bridgehead atoms. The SMILES string of the molecule is CCc1nc2ccc(Br)cc2c(=O)n1N=Cc1cc(C)n(-c2ccc(OCc3ccc(Cl)cc3)cc2)c1C. The van der Waals surface area contributed by atoms with E-state index in [1.54, 1.807) is 12.3 Å². The Balaban J connectivity index is 1.40. The molecule has 38 heavy (non-hydrogen) atoms. The molecule has 0 atom stereocenters. The fourth-order valence-corrected chi connectivity index (χ4v) is 4.90. The molecule has 2 aromatic heterocycles. The number of ether oxygens (including phenoxy) is 1. The van der Waals surface area contributed by atoms with E-state index >= 15 is 0 Å². The van der Waals surface area contributed by atoms with Crippen molar-refractivity contribution in [2.75, 3.05) is 0 Å². The van der Waals surface area contributed by atoms with E-state index in [0.29, 0.717) is 34.8 Å². The fourth-order valence-electron chi connectivity index (χ4n) is 4.42. The van der Waals surface area contributed by atoms with Crippen molar-refractivity contribution in [3.8, 4) is 11.4 Å². The maximum Gasteiger partial charge on any atom is 0.282 e. The minimum atomic E-state index is -0.188. The summed E-state index contributed by atoms with van der Waals surface area (Å²) in [4.78, 5) is 17.9. The predicted molar refractivity (Wildman–Crippen MR) is 157 cm³/mol. The lowest BCUT2D eigenvalue weighted by molar-refractivity contribution is 0.306. The first kappa shape index (κ1) is 25.9. The van der Waals surface area contributed by atoms with Crippen LogP contribution in [0.3, 0.4) is 0 Å². The van der Waals surface area contributed by atoms with Gasteiger partial charge in [-0.05, 0) is 80.1 Å². The first-order chi connectivity index (χ1) is 18.3. The summed E-state index contributed by atoms with van der Waals surface area (Å²) in [5.74, 6) is 1.40. The molecule has 0 aliphatic carbocycles. The summed E-state index contributed by atoms with van der Waals surface area (Å²) in [7, 11) is 0. The number of fused-ring (bicyclic) bond motifs is 1. The molecule has 3 aromatic carbocycles. The molecule has 5 aromatic rings. The van der Waals surface area contributed by atoms with E-state index in [0.717, 1.165) is 38.4 Å². The molecule has 0 N–H and O–H groups in total. The van der Waals surface area contributed by atoms with Gasteiger partial charge in [0.15, 0.2) is 0 Å². The predicted octanol–water partition coefficient (Wildman–Crippen LogP) is 7.24. The molecule has 0 saturated carbocycles. The number of aromatic nitrogens is 3. The monoisotopic (exact) mass is 588 g/mol. The third-order valence-corrected chi connectivity index (χ3v) is 7.13. The highest BCUT2D eigenvalue weighted by atomic mass is 79.9. The van der Waals surface area contributed by atoms with Crippen LogP contribution in [0.5, 0.6) is 5.75 Å². The molecule has 0 radical (unpaired) electrons.